The molecule has 0 aliphatic carbocycles. The zero-order chi connectivity index (χ0) is 23.8. The van der Waals surface area contributed by atoms with E-state index >= 15 is 0 Å². The lowest BCUT2D eigenvalue weighted by Crippen LogP contribution is -2.43. The average Bonchev–Trinajstić information content (AvgIpc) is 3.35. The third-order valence-corrected chi connectivity index (χ3v) is 7.30. The highest BCUT2D eigenvalue weighted by Gasteiger charge is 2.35. The van der Waals surface area contributed by atoms with Crippen LogP contribution < -0.4 is 15.0 Å². The van der Waals surface area contributed by atoms with E-state index in [9.17, 15) is 9.59 Å². The minimum atomic E-state index is -0.523. The van der Waals surface area contributed by atoms with Gasteiger partial charge < -0.3 is 19.4 Å². The van der Waals surface area contributed by atoms with Crippen molar-refractivity contribution >= 4 is 28.1 Å². The Morgan fingerprint density at radius 2 is 1.88 bits per heavy atom. The minimum absolute atomic E-state index is 0.00313. The quantitative estimate of drug-likeness (QED) is 0.458. The van der Waals surface area contributed by atoms with E-state index in [-0.39, 0.29) is 11.5 Å². The molecule has 1 N–H and O–H groups in total. The predicted molar refractivity (Wildman–Crippen MR) is 134 cm³/mol. The van der Waals surface area contributed by atoms with Gasteiger partial charge in [0.1, 0.15) is 0 Å². The van der Waals surface area contributed by atoms with Crippen molar-refractivity contribution in [2.75, 3.05) is 20.8 Å². The van der Waals surface area contributed by atoms with E-state index in [0.29, 0.717) is 36.4 Å². The fraction of sp³-hybridized carbons (Fsp3) is 0.259. The smallest absolute Gasteiger partial charge is 0.254 e. The topological polar surface area (TPSA) is 71.6 Å². The summed E-state index contributed by atoms with van der Waals surface area (Å²) in [6.07, 6.45) is 0.981. The number of aromatic nitrogens is 1. The first-order valence-electron chi connectivity index (χ1n) is 11.2. The molecule has 0 saturated carbocycles. The Bertz CT molecular complexity index is 1420. The number of nitrogens with one attached hydrogen (secondary N) is 1. The van der Waals surface area contributed by atoms with Crippen LogP contribution in [0, 0.1) is 6.92 Å². The molecule has 4 aromatic rings. The number of methoxy groups -OCH3 is 2. The number of carbonyl (C=O) groups is 1. The summed E-state index contributed by atoms with van der Waals surface area (Å²) in [7, 11) is 3.20. The Balaban J connectivity index is 1.69. The highest BCUT2D eigenvalue weighted by molar-refractivity contribution is 7.10. The van der Waals surface area contributed by atoms with Crippen molar-refractivity contribution in [3.63, 3.8) is 0 Å². The molecule has 3 heterocycles. The predicted octanol–water partition coefficient (Wildman–Crippen LogP) is 4.63. The van der Waals surface area contributed by atoms with Crippen molar-refractivity contribution in [1.29, 1.82) is 0 Å². The van der Waals surface area contributed by atoms with Gasteiger partial charge in [-0.2, -0.15) is 0 Å². The molecule has 0 unspecified atom stereocenters. The van der Waals surface area contributed by atoms with E-state index in [2.05, 4.69) is 4.98 Å². The van der Waals surface area contributed by atoms with Gasteiger partial charge in [0.2, 0.25) is 5.91 Å². The molecule has 0 radical (unpaired) electrons. The van der Waals surface area contributed by atoms with E-state index in [4.69, 9.17) is 9.47 Å². The van der Waals surface area contributed by atoms with Gasteiger partial charge in [-0.15, -0.1) is 11.3 Å². The van der Waals surface area contributed by atoms with Crippen LogP contribution >= 0.6 is 11.3 Å². The van der Waals surface area contributed by atoms with E-state index in [1.807, 2.05) is 65.7 Å². The number of benzene rings is 2. The maximum absolute atomic E-state index is 13.5. The van der Waals surface area contributed by atoms with Crippen LogP contribution in [0.4, 0.5) is 0 Å². The van der Waals surface area contributed by atoms with Crippen molar-refractivity contribution in [3.8, 4) is 11.5 Å². The highest BCUT2D eigenvalue weighted by Crippen LogP contribution is 2.41. The van der Waals surface area contributed by atoms with Crippen LogP contribution in [0.1, 0.15) is 33.2 Å². The Kier molecular flexibility index (Phi) is 5.87. The van der Waals surface area contributed by atoms with E-state index < -0.39 is 6.04 Å². The number of carbonyl (C=O) groups excluding carboxylic acids is 1. The summed E-state index contributed by atoms with van der Waals surface area (Å²) in [5, 5.41) is 2.91. The highest BCUT2D eigenvalue weighted by atomic mass is 32.1. The van der Waals surface area contributed by atoms with Gasteiger partial charge in [0.05, 0.1) is 26.7 Å². The van der Waals surface area contributed by atoms with Gasteiger partial charge in [0, 0.05) is 22.5 Å². The van der Waals surface area contributed by atoms with Crippen LogP contribution in [0.2, 0.25) is 0 Å². The maximum Gasteiger partial charge on any atom is 0.254 e. The number of amides is 1. The van der Waals surface area contributed by atoms with Crippen LogP contribution in [0.25, 0.3) is 10.9 Å². The zero-order valence-corrected chi connectivity index (χ0v) is 20.2. The van der Waals surface area contributed by atoms with Crippen molar-refractivity contribution in [2.45, 2.75) is 25.8 Å². The molecular weight excluding hydrogens is 448 g/mol. The lowest BCUT2D eigenvalue weighted by Gasteiger charge is -2.38. The number of aryl methyl sites for hydroxylation is 1. The summed E-state index contributed by atoms with van der Waals surface area (Å²) in [5.41, 5.74) is 4.17. The normalized spacial score (nSPS) is 15.3. The van der Waals surface area contributed by atoms with Crippen LogP contribution in [0.5, 0.6) is 11.5 Å². The maximum atomic E-state index is 13.5. The molecule has 5 rings (SSSR count). The first-order valence-corrected chi connectivity index (χ1v) is 12.1. The number of thiophene rings is 1. The van der Waals surface area contributed by atoms with Crippen molar-refractivity contribution in [2.24, 2.45) is 0 Å². The number of H-pyrrole nitrogens is 1. The van der Waals surface area contributed by atoms with Crippen LogP contribution in [0.15, 0.2) is 58.7 Å². The molecule has 34 heavy (non-hydrogen) atoms. The number of rotatable bonds is 5. The average molecular weight is 475 g/mol. The second-order valence-corrected chi connectivity index (χ2v) is 9.58. The fourth-order valence-electron chi connectivity index (χ4n) is 4.76. The molecule has 7 heteroatoms. The molecule has 0 fully saturated rings. The van der Waals surface area contributed by atoms with Crippen molar-refractivity contribution in [3.05, 3.63) is 91.4 Å². The number of hydrogen-bond donors (Lipinski definition) is 1. The second kappa shape index (κ2) is 8.99. The van der Waals surface area contributed by atoms with E-state index in [1.54, 1.807) is 25.6 Å². The number of hydrogen-bond acceptors (Lipinski definition) is 5. The van der Waals surface area contributed by atoms with Crippen LogP contribution in [0.3, 0.4) is 0 Å². The molecule has 1 aliphatic rings. The monoisotopic (exact) mass is 474 g/mol. The van der Waals surface area contributed by atoms with Crippen molar-refractivity contribution < 1.29 is 14.3 Å². The second-order valence-electron chi connectivity index (χ2n) is 8.55. The first kappa shape index (κ1) is 22.2. The summed E-state index contributed by atoms with van der Waals surface area (Å²) >= 11 is 1.56. The summed E-state index contributed by atoms with van der Waals surface area (Å²) < 4.78 is 11.1. The lowest BCUT2D eigenvalue weighted by atomic mass is 9.87. The standard InChI is InChI=1S/C27H26N2O4S/c1-16-6-7-22-18(11-16)12-21(27(31)28-22)26-20-15-24(33-3)23(32-2)13-17(20)8-9-29(26)25(30)14-19-5-4-10-34-19/h4-7,10-13,15,26H,8-9,14H2,1-3H3,(H,28,31)/t26-/m1/s1. The van der Waals surface area contributed by atoms with Gasteiger partial charge in [-0.1, -0.05) is 17.7 Å². The van der Waals surface area contributed by atoms with Gasteiger partial charge in [-0.05, 0) is 71.6 Å². The van der Waals surface area contributed by atoms with Gasteiger partial charge in [-0.3, -0.25) is 9.59 Å². The zero-order valence-electron chi connectivity index (χ0n) is 19.4. The van der Waals surface area contributed by atoms with Crippen LogP contribution in [-0.2, 0) is 17.6 Å². The molecule has 6 nitrogen and oxygen atoms in total. The molecule has 1 atom stereocenters. The molecule has 2 aromatic heterocycles. The summed E-state index contributed by atoms with van der Waals surface area (Å²) in [6, 6.07) is 15.1. The Morgan fingerprint density at radius 1 is 1.09 bits per heavy atom. The Morgan fingerprint density at radius 3 is 2.62 bits per heavy atom. The van der Waals surface area contributed by atoms with Gasteiger partial charge in [0.25, 0.3) is 5.56 Å². The number of pyridine rings is 1. The molecule has 0 spiro atoms. The minimum Gasteiger partial charge on any atom is -0.493 e. The molecule has 1 aliphatic heterocycles. The molecule has 2 aromatic carbocycles. The molecule has 1 amide bonds. The molecular formula is C27H26N2O4S. The Hall–Kier alpha value is -3.58. The van der Waals surface area contributed by atoms with Crippen molar-refractivity contribution in [1.82, 2.24) is 9.88 Å². The summed E-state index contributed by atoms with van der Waals surface area (Å²) in [6.45, 7) is 2.54. The Labute approximate surface area is 201 Å². The fourth-order valence-corrected chi connectivity index (χ4v) is 5.46. The largest absolute Gasteiger partial charge is 0.493 e. The summed E-state index contributed by atoms with van der Waals surface area (Å²) in [5.74, 6) is 1.21. The van der Waals surface area contributed by atoms with E-state index in [1.165, 1.54) is 0 Å². The molecule has 0 saturated heterocycles. The number of aromatic amines is 1. The molecule has 174 valence electrons. The number of nitrogens with zero attached hydrogens (tertiary/aromatic N) is 1. The third-order valence-electron chi connectivity index (χ3n) is 6.42. The summed E-state index contributed by atoms with van der Waals surface area (Å²) in [4.78, 5) is 32.7. The van der Waals surface area contributed by atoms with Gasteiger partial charge >= 0.3 is 0 Å². The van der Waals surface area contributed by atoms with E-state index in [0.717, 1.165) is 32.5 Å². The third kappa shape index (κ3) is 3.96. The SMILES string of the molecule is COc1cc2c(cc1OC)[C@H](c1cc3cc(C)ccc3[nH]c1=O)N(C(=O)Cc1cccs1)CC2. The van der Waals surface area contributed by atoms with Gasteiger partial charge in [-0.25, -0.2) is 0 Å². The molecule has 0 bridgehead atoms. The number of ether oxygens (including phenoxy) is 2. The lowest BCUT2D eigenvalue weighted by molar-refractivity contribution is -0.132. The number of fused-ring (bicyclic) bond motifs is 2. The first-order chi connectivity index (χ1) is 16.5. The van der Waals surface area contributed by atoms with Gasteiger partial charge in [0.15, 0.2) is 11.5 Å². The van der Waals surface area contributed by atoms with Crippen LogP contribution in [-0.4, -0.2) is 36.6 Å².